The largest absolute Gasteiger partial charge is 0.491 e. The average Bonchev–Trinajstić information content (AvgIpc) is 3.05. The number of rotatable bonds is 6. The minimum Gasteiger partial charge on any atom is -0.491 e. The minimum absolute atomic E-state index is 0.172. The molecule has 0 fully saturated rings. The van der Waals surface area contributed by atoms with E-state index in [4.69, 9.17) is 4.74 Å². The van der Waals surface area contributed by atoms with E-state index in [1.54, 1.807) is 0 Å². The van der Waals surface area contributed by atoms with Gasteiger partial charge in [0.2, 0.25) is 5.82 Å². The first-order chi connectivity index (χ1) is 12.0. The molecule has 130 valence electrons. The zero-order valence-corrected chi connectivity index (χ0v) is 14.7. The second-order valence-electron chi connectivity index (χ2n) is 6.27. The van der Waals surface area contributed by atoms with Crippen LogP contribution >= 0.6 is 0 Å². The summed E-state index contributed by atoms with van der Waals surface area (Å²) < 4.78 is 5.72. The van der Waals surface area contributed by atoms with Crippen LogP contribution in [0, 0.1) is 20.8 Å². The van der Waals surface area contributed by atoms with E-state index in [0.717, 1.165) is 22.4 Å². The minimum atomic E-state index is -0.722. The molecule has 3 rings (SSSR count). The number of hydrogen-bond acceptors (Lipinski definition) is 5. The Bertz CT molecular complexity index is 843. The molecule has 0 saturated carbocycles. The van der Waals surface area contributed by atoms with E-state index in [2.05, 4.69) is 15.4 Å². The lowest BCUT2D eigenvalue weighted by Gasteiger charge is -2.13. The standard InChI is InChI=1S/C19H22N4O2/c1-13-5-8-16(9-6-13)19-20-22-23(21-19)11-17(24)12-25-18-10-14(2)4-7-15(18)3/h4-10,17,24H,11-12H2,1-3H3/t17-/m1/s1. The van der Waals surface area contributed by atoms with Crippen LogP contribution in [-0.4, -0.2) is 38.0 Å². The third-order valence-corrected chi connectivity index (χ3v) is 3.91. The molecule has 0 unspecified atom stereocenters. The van der Waals surface area contributed by atoms with E-state index in [0.29, 0.717) is 5.82 Å². The number of hydrogen-bond donors (Lipinski definition) is 1. The van der Waals surface area contributed by atoms with Gasteiger partial charge in [-0.15, -0.1) is 10.2 Å². The molecule has 0 aliphatic rings. The maximum atomic E-state index is 10.2. The van der Waals surface area contributed by atoms with Gasteiger partial charge in [-0.1, -0.05) is 42.0 Å². The monoisotopic (exact) mass is 338 g/mol. The summed E-state index contributed by atoms with van der Waals surface area (Å²) >= 11 is 0. The zero-order chi connectivity index (χ0) is 17.8. The molecule has 1 N–H and O–H groups in total. The fraction of sp³-hybridized carbons (Fsp3) is 0.316. The van der Waals surface area contributed by atoms with Crippen LogP contribution in [0.5, 0.6) is 5.75 Å². The van der Waals surface area contributed by atoms with Crippen molar-refractivity contribution >= 4 is 0 Å². The van der Waals surface area contributed by atoms with Crippen LogP contribution in [0.4, 0.5) is 0 Å². The summed E-state index contributed by atoms with van der Waals surface area (Å²) in [6, 6.07) is 13.9. The summed E-state index contributed by atoms with van der Waals surface area (Å²) in [7, 11) is 0. The maximum Gasteiger partial charge on any atom is 0.204 e. The van der Waals surface area contributed by atoms with Crippen LogP contribution in [0.3, 0.4) is 0 Å². The Morgan fingerprint density at radius 3 is 2.52 bits per heavy atom. The number of aromatic nitrogens is 4. The second kappa shape index (κ2) is 7.44. The summed E-state index contributed by atoms with van der Waals surface area (Å²) in [5.74, 6) is 1.33. The molecule has 0 spiro atoms. The normalized spacial score (nSPS) is 12.2. The highest BCUT2D eigenvalue weighted by atomic mass is 16.5. The highest BCUT2D eigenvalue weighted by Gasteiger charge is 2.12. The van der Waals surface area contributed by atoms with Gasteiger partial charge in [0.1, 0.15) is 18.5 Å². The van der Waals surface area contributed by atoms with Crippen molar-refractivity contribution in [3.8, 4) is 17.1 Å². The van der Waals surface area contributed by atoms with Gasteiger partial charge in [-0.2, -0.15) is 4.80 Å². The molecular weight excluding hydrogens is 316 g/mol. The fourth-order valence-electron chi connectivity index (χ4n) is 2.43. The lowest BCUT2D eigenvalue weighted by Crippen LogP contribution is -2.25. The number of aliphatic hydroxyl groups excluding tert-OH is 1. The van der Waals surface area contributed by atoms with E-state index in [9.17, 15) is 5.11 Å². The van der Waals surface area contributed by atoms with Gasteiger partial charge in [0.25, 0.3) is 0 Å². The molecule has 0 bridgehead atoms. The van der Waals surface area contributed by atoms with Crippen molar-refractivity contribution in [3.05, 3.63) is 59.2 Å². The first kappa shape index (κ1) is 17.1. The summed E-state index contributed by atoms with van der Waals surface area (Å²) in [5.41, 5.74) is 4.24. The summed E-state index contributed by atoms with van der Waals surface area (Å²) in [5, 5.41) is 22.5. The SMILES string of the molecule is Cc1ccc(-c2nnn(C[C@@H](O)COc3cc(C)ccc3C)n2)cc1. The Morgan fingerprint density at radius 2 is 1.76 bits per heavy atom. The van der Waals surface area contributed by atoms with Crippen LogP contribution in [0.1, 0.15) is 16.7 Å². The number of nitrogens with zero attached hydrogens (tertiary/aromatic N) is 4. The van der Waals surface area contributed by atoms with Crippen LogP contribution < -0.4 is 4.74 Å². The first-order valence-electron chi connectivity index (χ1n) is 8.24. The number of aryl methyl sites for hydroxylation is 3. The van der Waals surface area contributed by atoms with Crippen molar-refractivity contribution in [2.75, 3.05) is 6.61 Å². The molecule has 6 nitrogen and oxygen atoms in total. The van der Waals surface area contributed by atoms with E-state index < -0.39 is 6.10 Å². The van der Waals surface area contributed by atoms with Gasteiger partial charge in [-0.05, 0) is 43.2 Å². The Labute approximate surface area is 147 Å². The molecule has 0 aliphatic carbocycles. The van der Waals surface area contributed by atoms with Gasteiger partial charge >= 0.3 is 0 Å². The van der Waals surface area contributed by atoms with E-state index >= 15 is 0 Å². The second-order valence-corrected chi connectivity index (χ2v) is 6.27. The van der Waals surface area contributed by atoms with Crippen molar-refractivity contribution < 1.29 is 9.84 Å². The Morgan fingerprint density at radius 1 is 1.04 bits per heavy atom. The van der Waals surface area contributed by atoms with Crippen molar-refractivity contribution in [3.63, 3.8) is 0 Å². The van der Waals surface area contributed by atoms with Crippen molar-refractivity contribution in [2.45, 2.75) is 33.4 Å². The maximum absolute atomic E-state index is 10.2. The van der Waals surface area contributed by atoms with E-state index in [1.807, 2.05) is 63.2 Å². The number of ether oxygens (including phenoxy) is 1. The van der Waals surface area contributed by atoms with E-state index in [1.165, 1.54) is 10.4 Å². The van der Waals surface area contributed by atoms with Gasteiger partial charge in [0.05, 0.1) is 6.54 Å². The van der Waals surface area contributed by atoms with Gasteiger partial charge in [0, 0.05) is 5.56 Å². The third kappa shape index (κ3) is 4.42. The molecule has 1 heterocycles. The lowest BCUT2D eigenvalue weighted by atomic mass is 10.1. The first-order valence-corrected chi connectivity index (χ1v) is 8.24. The highest BCUT2D eigenvalue weighted by Crippen LogP contribution is 2.19. The predicted molar refractivity (Wildman–Crippen MR) is 95.4 cm³/mol. The van der Waals surface area contributed by atoms with Gasteiger partial charge in [-0.3, -0.25) is 0 Å². The summed E-state index contributed by atoms with van der Waals surface area (Å²) in [6.07, 6.45) is -0.722. The summed E-state index contributed by atoms with van der Waals surface area (Å²) in [6.45, 7) is 6.42. The smallest absolute Gasteiger partial charge is 0.204 e. The molecule has 0 radical (unpaired) electrons. The molecular formula is C19H22N4O2. The molecule has 6 heteroatoms. The van der Waals surface area contributed by atoms with Crippen molar-refractivity contribution in [2.24, 2.45) is 0 Å². The Balaban J connectivity index is 1.59. The average molecular weight is 338 g/mol. The van der Waals surface area contributed by atoms with Crippen LogP contribution in [-0.2, 0) is 6.54 Å². The highest BCUT2D eigenvalue weighted by molar-refractivity contribution is 5.53. The number of aliphatic hydroxyl groups is 1. The Kier molecular flexibility index (Phi) is 5.09. The van der Waals surface area contributed by atoms with Gasteiger partial charge in [-0.25, -0.2) is 0 Å². The third-order valence-electron chi connectivity index (χ3n) is 3.91. The summed E-state index contributed by atoms with van der Waals surface area (Å²) in [4.78, 5) is 1.40. The van der Waals surface area contributed by atoms with Gasteiger partial charge < -0.3 is 9.84 Å². The van der Waals surface area contributed by atoms with E-state index in [-0.39, 0.29) is 13.2 Å². The van der Waals surface area contributed by atoms with Crippen LogP contribution in [0.2, 0.25) is 0 Å². The molecule has 1 atom stereocenters. The molecule has 0 saturated heterocycles. The Hall–Kier alpha value is -2.73. The fourth-order valence-corrected chi connectivity index (χ4v) is 2.43. The molecule has 1 aromatic heterocycles. The molecule has 3 aromatic rings. The topological polar surface area (TPSA) is 73.1 Å². The predicted octanol–water partition coefficient (Wildman–Crippen LogP) is 2.71. The number of tetrazole rings is 1. The quantitative estimate of drug-likeness (QED) is 0.748. The number of benzene rings is 2. The zero-order valence-electron chi connectivity index (χ0n) is 14.7. The van der Waals surface area contributed by atoms with Crippen molar-refractivity contribution in [1.82, 2.24) is 20.2 Å². The van der Waals surface area contributed by atoms with Crippen LogP contribution in [0.15, 0.2) is 42.5 Å². The molecule has 25 heavy (non-hydrogen) atoms. The lowest BCUT2D eigenvalue weighted by molar-refractivity contribution is 0.0846. The molecule has 2 aromatic carbocycles. The molecule has 0 amide bonds. The van der Waals surface area contributed by atoms with Gasteiger partial charge in [0.15, 0.2) is 0 Å². The van der Waals surface area contributed by atoms with Crippen LogP contribution in [0.25, 0.3) is 11.4 Å². The molecule has 0 aliphatic heterocycles. The van der Waals surface area contributed by atoms with Crippen molar-refractivity contribution in [1.29, 1.82) is 0 Å².